The van der Waals surface area contributed by atoms with Crippen molar-refractivity contribution in [2.24, 2.45) is 0 Å². The van der Waals surface area contributed by atoms with Gasteiger partial charge in [-0.2, -0.15) is 0 Å². The van der Waals surface area contributed by atoms with Crippen LogP contribution in [0.5, 0.6) is 11.5 Å². The van der Waals surface area contributed by atoms with E-state index in [2.05, 4.69) is 0 Å². The molecule has 0 aliphatic heterocycles. The second-order valence-electron chi connectivity index (χ2n) is 4.97. The number of hydrogen-bond acceptors (Lipinski definition) is 5. The molecule has 2 aromatic rings. The van der Waals surface area contributed by atoms with Crippen LogP contribution in [0, 0.1) is 0 Å². The highest BCUT2D eigenvalue weighted by Crippen LogP contribution is 2.17. The molecule has 24 heavy (non-hydrogen) atoms. The molecular weight excluding hydrogens is 332 g/mol. The fourth-order valence-electron chi connectivity index (χ4n) is 1.88. The van der Waals surface area contributed by atoms with E-state index in [1.807, 2.05) is 0 Å². The molecule has 0 N–H and O–H groups in total. The molecule has 0 aliphatic rings. The van der Waals surface area contributed by atoms with E-state index in [9.17, 15) is 9.59 Å². The second kappa shape index (κ2) is 8.36. The molecule has 0 bridgehead atoms. The van der Waals surface area contributed by atoms with Crippen molar-refractivity contribution in [3.8, 4) is 11.5 Å². The molecule has 126 valence electrons. The van der Waals surface area contributed by atoms with E-state index in [1.54, 1.807) is 62.6 Å². The van der Waals surface area contributed by atoms with Crippen LogP contribution in [0.25, 0.3) is 0 Å². The molecule has 0 aromatic heterocycles. The maximum Gasteiger partial charge on any atom is 0.347 e. The number of Topliss-reactive ketones (excluding diaryl/α,β-unsaturated/α-hetero) is 1. The van der Waals surface area contributed by atoms with E-state index in [-0.39, 0.29) is 12.4 Å². The first kappa shape index (κ1) is 17.8. The molecule has 0 radical (unpaired) electrons. The van der Waals surface area contributed by atoms with Crippen LogP contribution < -0.4 is 9.47 Å². The minimum Gasteiger partial charge on any atom is -0.497 e. The summed E-state index contributed by atoms with van der Waals surface area (Å²) >= 11 is 5.78. The Kier molecular flexibility index (Phi) is 6.21. The number of ether oxygens (including phenoxy) is 3. The first-order chi connectivity index (χ1) is 11.5. The Labute approximate surface area is 145 Å². The van der Waals surface area contributed by atoms with Crippen molar-refractivity contribution in [1.29, 1.82) is 0 Å². The van der Waals surface area contributed by atoms with Gasteiger partial charge in [0.1, 0.15) is 11.5 Å². The van der Waals surface area contributed by atoms with Crippen molar-refractivity contribution in [2.75, 3.05) is 13.7 Å². The van der Waals surface area contributed by atoms with Crippen molar-refractivity contribution >= 4 is 23.4 Å². The average molecular weight is 349 g/mol. The van der Waals surface area contributed by atoms with Crippen LogP contribution in [0.15, 0.2) is 48.5 Å². The summed E-state index contributed by atoms with van der Waals surface area (Å²) in [5.74, 6) is 0.218. The van der Waals surface area contributed by atoms with Crippen LogP contribution in [0.1, 0.15) is 17.3 Å². The molecule has 0 fully saturated rings. The molecule has 2 rings (SSSR count). The molecule has 0 saturated carbocycles. The second-order valence-corrected chi connectivity index (χ2v) is 5.41. The van der Waals surface area contributed by atoms with Crippen molar-refractivity contribution in [2.45, 2.75) is 13.0 Å². The lowest BCUT2D eigenvalue weighted by atomic mass is 10.1. The average Bonchev–Trinajstić information content (AvgIpc) is 2.61. The molecule has 0 aliphatic carbocycles. The molecule has 1 atom stereocenters. The molecule has 0 amide bonds. The SMILES string of the molecule is COc1ccc(C(=O)COC(=O)C(C)Oc2ccc(Cl)cc2)cc1. The summed E-state index contributed by atoms with van der Waals surface area (Å²) in [6.07, 6.45) is -0.838. The fraction of sp³-hybridized carbons (Fsp3) is 0.222. The van der Waals surface area contributed by atoms with Gasteiger partial charge >= 0.3 is 5.97 Å². The normalized spacial score (nSPS) is 11.5. The van der Waals surface area contributed by atoms with Gasteiger partial charge in [-0.15, -0.1) is 0 Å². The molecule has 0 spiro atoms. The lowest BCUT2D eigenvalue weighted by Gasteiger charge is -2.13. The third-order valence-electron chi connectivity index (χ3n) is 3.22. The van der Waals surface area contributed by atoms with Gasteiger partial charge in [0.25, 0.3) is 0 Å². The van der Waals surface area contributed by atoms with Crippen LogP contribution in [0.2, 0.25) is 5.02 Å². The Morgan fingerprint density at radius 3 is 2.17 bits per heavy atom. The minimum absolute atomic E-state index is 0.301. The van der Waals surface area contributed by atoms with Crippen LogP contribution in [0.4, 0.5) is 0 Å². The van der Waals surface area contributed by atoms with E-state index in [0.29, 0.717) is 22.1 Å². The number of carbonyl (C=O) groups is 2. The predicted molar refractivity (Wildman–Crippen MR) is 89.8 cm³/mol. The number of hydrogen-bond donors (Lipinski definition) is 0. The van der Waals surface area contributed by atoms with E-state index in [4.69, 9.17) is 25.8 Å². The van der Waals surface area contributed by atoms with Crippen molar-refractivity contribution < 1.29 is 23.8 Å². The van der Waals surface area contributed by atoms with Crippen LogP contribution in [0.3, 0.4) is 0 Å². The lowest BCUT2D eigenvalue weighted by Crippen LogP contribution is -2.28. The third kappa shape index (κ3) is 4.99. The maximum atomic E-state index is 12.0. The Hall–Kier alpha value is -2.53. The summed E-state index contributed by atoms with van der Waals surface area (Å²) in [7, 11) is 1.54. The highest BCUT2D eigenvalue weighted by Gasteiger charge is 2.18. The number of esters is 1. The van der Waals surface area contributed by atoms with Crippen LogP contribution in [-0.2, 0) is 9.53 Å². The smallest absolute Gasteiger partial charge is 0.347 e. The van der Waals surface area contributed by atoms with Gasteiger partial charge in [0.15, 0.2) is 18.5 Å². The first-order valence-corrected chi connectivity index (χ1v) is 7.63. The van der Waals surface area contributed by atoms with Gasteiger partial charge in [-0.1, -0.05) is 11.6 Å². The third-order valence-corrected chi connectivity index (χ3v) is 3.47. The number of halogens is 1. The summed E-state index contributed by atoms with van der Waals surface area (Å²) in [5, 5.41) is 0.572. The van der Waals surface area contributed by atoms with Crippen molar-refractivity contribution in [3.63, 3.8) is 0 Å². The van der Waals surface area contributed by atoms with Gasteiger partial charge < -0.3 is 14.2 Å². The number of carbonyl (C=O) groups excluding carboxylic acids is 2. The molecule has 6 heteroatoms. The number of methoxy groups -OCH3 is 1. The molecule has 0 heterocycles. The molecule has 2 aromatic carbocycles. The number of rotatable bonds is 7. The zero-order valence-electron chi connectivity index (χ0n) is 13.3. The van der Waals surface area contributed by atoms with E-state index >= 15 is 0 Å². The summed E-state index contributed by atoms with van der Waals surface area (Å²) in [6.45, 7) is 1.20. The molecular formula is C18H17ClO5. The molecule has 1 unspecified atom stereocenters. The fourth-order valence-corrected chi connectivity index (χ4v) is 2.01. The van der Waals surface area contributed by atoms with E-state index in [1.165, 1.54) is 0 Å². The van der Waals surface area contributed by atoms with Gasteiger partial charge in [0.2, 0.25) is 0 Å². The van der Waals surface area contributed by atoms with E-state index in [0.717, 1.165) is 0 Å². The van der Waals surface area contributed by atoms with Gasteiger partial charge in [0, 0.05) is 10.6 Å². The standard InChI is InChI=1S/C18H17ClO5/c1-12(24-16-9-5-14(19)6-10-16)18(21)23-11-17(20)13-3-7-15(22-2)8-4-13/h3-10,12H,11H2,1-2H3. The molecule has 5 nitrogen and oxygen atoms in total. The molecule has 0 saturated heterocycles. The number of ketones is 1. The Morgan fingerprint density at radius 2 is 1.58 bits per heavy atom. The first-order valence-electron chi connectivity index (χ1n) is 7.25. The zero-order chi connectivity index (χ0) is 17.5. The van der Waals surface area contributed by atoms with E-state index < -0.39 is 12.1 Å². The summed E-state index contributed by atoms with van der Waals surface area (Å²) in [6, 6.07) is 13.2. The van der Waals surface area contributed by atoms with Crippen LogP contribution in [-0.4, -0.2) is 31.6 Å². The highest BCUT2D eigenvalue weighted by molar-refractivity contribution is 6.30. The quantitative estimate of drug-likeness (QED) is 0.565. The number of benzene rings is 2. The van der Waals surface area contributed by atoms with Gasteiger partial charge in [-0.25, -0.2) is 4.79 Å². The van der Waals surface area contributed by atoms with Crippen molar-refractivity contribution in [1.82, 2.24) is 0 Å². The van der Waals surface area contributed by atoms with Gasteiger partial charge in [0.05, 0.1) is 7.11 Å². The monoisotopic (exact) mass is 348 g/mol. The highest BCUT2D eigenvalue weighted by atomic mass is 35.5. The van der Waals surface area contributed by atoms with Gasteiger partial charge in [-0.05, 0) is 55.5 Å². The van der Waals surface area contributed by atoms with Crippen molar-refractivity contribution in [3.05, 3.63) is 59.1 Å². The summed E-state index contributed by atoms with van der Waals surface area (Å²) in [5.41, 5.74) is 0.440. The summed E-state index contributed by atoms with van der Waals surface area (Å²) in [4.78, 5) is 23.9. The Bertz CT molecular complexity index is 694. The maximum absolute atomic E-state index is 12.0. The van der Waals surface area contributed by atoms with Crippen LogP contribution >= 0.6 is 11.6 Å². The predicted octanol–water partition coefficient (Wildman–Crippen LogP) is 3.54. The Balaban J connectivity index is 1.84. The topological polar surface area (TPSA) is 61.8 Å². The zero-order valence-corrected chi connectivity index (χ0v) is 14.1. The lowest BCUT2D eigenvalue weighted by molar-refractivity contribution is -0.149. The van der Waals surface area contributed by atoms with Gasteiger partial charge in [-0.3, -0.25) is 4.79 Å². The largest absolute Gasteiger partial charge is 0.497 e. The summed E-state index contributed by atoms with van der Waals surface area (Å²) < 4.78 is 15.5. The minimum atomic E-state index is -0.838. The Morgan fingerprint density at radius 1 is 1.00 bits per heavy atom.